The Labute approximate surface area is 174 Å². The lowest BCUT2D eigenvalue weighted by Crippen LogP contribution is -2.52. The van der Waals surface area contributed by atoms with Crippen LogP contribution in [0.5, 0.6) is 0 Å². The molecule has 29 heavy (non-hydrogen) atoms. The fourth-order valence-corrected chi connectivity index (χ4v) is 4.05. The molecule has 0 bridgehead atoms. The van der Waals surface area contributed by atoms with Gasteiger partial charge in [0.15, 0.2) is 0 Å². The number of nitrogens with zero attached hydrogens (tertiary/aromatic N) is 4. The van der Waals surface area contributed by atoms with Crippen LogP contribution in [0, 0.1) is 0 Å². The van der Waals surface area contributed by atoms with Crippen molar-refractivity contribution in [1.82, 2.24) is 25.3 Å². The molecule has 1 amide bonds. The van der Waals surface area contributed by atoms with E-state index in [0.29, 0.717) is 29.0 Å². The van der Waals surface area contributed by atoms with Gasteiger partial charge in [-0.3, -0.25) is 9.69 Å². The smallest absolute Gasteiger partial charge is 0.241 e. The summed E-state index contributed by atoms with van der Waals surface area (Å²) in [6, 6.07) is 13.8. The molecule has 0 spiro atoms. The van der Waals surface area contributed by atoms with Gasteiger partial charge in [-0.25, -0.2) is 4.98 Å². The van der Waals surface area contributed by atoms with Gasteiger partial charge in [-0.2, -0.15) is 4.98 Å². The van der Waals surface area contributed by atoms with Gasteiger partial charge in [0, 0.05) is 26.2 Å². The van der Waals surface area contributed by atoms with Crippen molar-refractivity contribution in [2.45, 2.75) is 31.8 Å². The summed E-state index contributed by atoms with van der Waals surface area (Å²) in [6.07, 6.45) is 3.24. The SMILES string of the molecule is CC(=O)NC1(c2ccccc2)CCN(Cc2nc(-c3cccnc3Cl)no2)CC1. The molecule has 1 N–H and O–H groups in total. The Kier molecular flexibility index (Phi) is 5.60. The first-order valence-electron chi connectivity index (χ1n) is 9.56. The van der Waals surface area contributed by atoms with Crippen molar-refractivity contribution < 1.29 is 9.32 Å². The lowest BCUT2D eigenvalue weighted by Gasteiger charge is -2.42. The van der Waals surface area contributed by atoms with Crippen LogP contribution in [0.4, 0.5) is 0 Å². The topological polar surface area (TPSA) is 84.2 Å². The predicted molar refractivity (Wildman–Crippen MR) is 109 cm³/mol. The molecule has 2 aromatic heterocycles. The number of aromatic nitrogens is 3. The highest BCUT2D eigenvalue weighted by molar-refractivity contribution is 6.31. The second kappa shape index (κ2) is 8.31. The average molecular weight is 412 g/mol. The first-order valence-corrected chi connectivity index (χ1v) is 9.94. The van der Waals surface area contributed by atoms with Crippen molar-refractivity contribution in [2.75, 3.05) is 13.1 Å². The average Bonchev–Trinajstić information content (AvgIpc) is 3.18. The molecule has 8 heteroatoms. The number of amides is 1. The molecule has 0 unspecified atom stereocenters. The first kappa shape index (κ1) is 19.5. The molecule has 1 saturated heterocycles. The molecular formula is C21H22ClN5O2. The molecule has 0 saturated carbocycles. The molecule has 0 atom stereocenters. The van der Waals surface area contributed by atoms with Crippen LogP contribution in [0.25, 0.3) is 11.4 Å². The molecule has 7 nitrogen and oxygen atoms in total. The minimum absolute atomic E-state index is 0.0165. The molecule has 0 radical (unpaired) electrons. The van der Waals surface area contributed by atoms with Gasteiger partial charge in [-0.1, -0.05) is 47.1 Å². The fraction of sp³-hybridized carbons (Fsp3) is 0.333. The molecular weight excluding hydrogens is 390 g/mol. The van der Waals surface area contributed by atoms with Crippen LogP contribution >= 0.6 is 11.6 Å². The van der Waals surface area contributed by atoms with Crippen molar-refractivity contribution in [3.8, 4) is 11.4 Å². The number of pyridine rings is 1. The van der Waals surface area contributed by atoms with Gasteiger partial charge in [0.1, 0.15) is 5.15 Å². The summed E-state index contributed by atoms with van der Waals surface area (Å²) in [6.45, 7) is 3.73. The molecule has 1 aliphatic rings. The number of hydrogen-bond donors (Lipinski definition) is 1. The Morgan fingerprint density at radius 1 is 1.21 bits per heavy atom. The van der Waals surface area contributed by atoms with E-state index in [1.807, 2.05) is 24.3 Å². The molecule has 4 rings (SSSR count). The van der Waals surface area contributed by atoms with Crippen LogP contribution in [0.1, 0.15) is 31.2 Å². The van der Waals surface area contributed by atoms with Gasteiger partial charge in [0.25, 0.3) is 0 Å². The highest BCUT2D eigenvalue weighted by Crippen LogP contribution is 2.33. The fourth-order valence-electron chi connectivity index (χ4n) is 3.85. The zero-order valence-electron chi connectivity index (χ0n) is 16.1. The second-order valence-electron chi connectivity index (χ2n) is 7.26. The first-order chi connectivity index (χ1) is 14.1. The highest BCUT2D eigenvalue weighted by atomic mass is 35.5. The number of carbonyl (C=O) groups excluding carboxylic acids is 1. The third-order valence-electron chi connectivity index (χ3n) is 5.28. The Morgan fingerprint density at radius 3 is 2.66 bits per heavy atom. The predicted octanol–water partition coefficient (Wildman–Crippen LogP) is 3.41. The van der Waals surface area contributed by atoms with E-state index in [0.717, 1.165) is 31.5 Å². The Bertz CT molecular complexity index is 984. The van der Waals surface area contributed by atoms with Gasteiger partial charge < -0.3 is 9.84 Å². The van der Waals surface area contributed by atoms with E-state index in [-0.39, 0.29) is 11.4 Å². The van der Waals surface area contributed by atoms with Gasteiger partial charge in [-0.15, -0.1) is 0 Å². The van der Waals surface area contributed by atoms with E-state index in [2.05, 4.69) is 37.5 Å². The minimum Gasteiger partial charge on any atom is -0.347 e. The van der Waals surface area contributed by atoms with E-state index in [1.165, 1.54) is 0 Å². The van der Waals surface area contributed by atoms with Crippen LogP contribution in [-0.4, -0.2) is 39.0 Å². The summed E-state index contributed by atoms with van der Waals surface area (Å²) in [4.78, 5) is 22.6. The van der Waals surface area contributed by atoms with Gasteiger partial charge in [0.05, 0.1) is 17.6 Å². The summed E-state index contributed by atoms with van der Waals surface area (Å²) in [7, 11) is 0. The van der Waals surface area contributed by atoms with Crippen LogP contribution in [0.3, 0.4) is 0 Å². The second-order valence-corrected chi connectivity index (χ2v) is 7.62. The molecule has 1 aromatic carbocycles. The monoisotopic (exact) mass is 411 g/mol. The molecule has 3 heterocycles. The minimum atomic E-state index is -0.340. The zero-order chi connectivity index (χ0) is 20.3. The van der Waals surface area contributed by atoms with E-state index in [4.69, 9.17) is 16.1 Å². The molecule has 150 valence electrons. The Morgan fingerprint density at radius 2 is 1.97 bits per heavy atom. The lowest BCUT2D eigenvalue weighted by atomic mass is 9.80. The summed E-state index contributed by atoms with van der Waals surface area (Å²) in [5, 5.41) is 7.57. The lowest BCUT2D eigenvalue weighted by molar-refractivity contribution is -0.121. The van der Waals surface area contributed by atoms with E-state index < -0.39 is 0 Å². The molecule has 3 aromatic rings. The number of nitrogens with one attached hydrogen (secondary N) is 1. The van der Waals surface area contributed by atoms with Crippen molar-refractivity contribution in [3.63, 3.8) is 0 Å². The van der Waals surface area contributed by atoms with Crippen molar-refractivity contribution in [2.24, 2.45) is 0 Å². The molecule has 1 fully saturated rings. The normalized spacial score (nSPS) is 16.5. The van der Waals surface area contributed by atoms with Crippen molar-refractivity contribution in [1.29, 1.82) is 0 Å². The summed E-state index contributed by atoms with van der Waals surface area (Å²) >= 11 is 6.11. The quantitative estimate of drug-likeness (QED) is 0.647. The third kappa shape index (κ3) is 4.31. The standard InChI is InChI=1S/C21H22ClN5O2/c1-15(28)25-21(16-6-3-2-4-7-16)9-12-27(13-10-21)14-18-24-20(26-29-18)17-8-5-11-23-19(17)22/h2-8,11H,9-10,12-14H2,1H3,(H,25,28). The molecule has 1 aliphatic heterocycles. The Balaban J connectivity index is 1.44. The number of benzene rings is 1. The summed E-state index contributed by atoms with van der Waals surface area (Å²) in [5.74, 6) is 0.954. The van der Waals surface area contributed by atoms with Crippen LogP contribution in [-0.2, 0) is 16.9 Å². The third-order valence-corrected chi connectivity index (χ3v) is 5.58. The Hall–Kier alpha value is -2.77. The zero-order valence-corrected chi connectivity index (χ0v) is 16.9. The maximum atomic E-state index is 11.9. The number of rotatable bonds is 5. The van der Waals surface area contributed by atoms with E-state index in [1.54, 1.807) is 19.2 Å². The number of likely N-dealkylation sites (tertiary alicyclic amines) is 1. The summed E-state index contributed by atoms with van der Waals surface area (Å²) < 4.78 is 5.42. The maximum Gasteiger partial charge on any atom is 0.241 e. The number of halogens is 1. The summed E-state index contributed by atoms with van der Waals surface area (Å²) in [5.41, 5.74) is 1.45. The van der Waals surface area contributed by atoms with Gasteiger partial charge in [-0.05, 0) is 30.5 Å². The van der Waals surface area contributed by atoms with E-state index >= 15 is 0 Å². The van der Waals surface area contributed by atoms with Crippen LogP contribution in [0.2, 0.25) is 5.15 Å². The number of hydrogen-bond acceptors (Lipinski definition) is 6. The van der Waals surface area contributed by atoms with Crippen LogP contribution in [0.15, 0.2) is 53.2 Å². The highest BCUT2D eigenvalue weighted by Gasteiger charge is 2.37. The van der Waals surface area contributed by atoms with Gasteiger partial charge in [0.2, 0.25) is 17.6 Å². The van der Waals surface area contributed by atoms with Crippen molar-refractivity contribution >= 4 is 17.5 Å². The van der Waals surface area contributed by atoms with Gasteiger partial charge >= 0.3 is 0 Å². The number of carbonyl (C=O) groups is 1. The largest absolute Gasteiger partial charge is 0.347 e. The number of piperidine rings is 1. The van der Waals surface area contributed by atoms with Crippen LogP contribution < -0.4 is 5.32 Å². The molecule has 0 aliphatic carbocycles. The van der Waals surface area contributed by atoms with E-state index in [9.17, 15) is 4.79 Å². The maximum absolute atomic E-state index is 11.9. The van der Waals surface area contributed by atoms with Crippen molar-refractivity contribution in [3.05, 3.63) is 65.3 Å².